The second-order valence-electron chi connectivity index (χ2n) is 14.1. The number of aryl methyl sites for hydroxylation is 2. The summed E-state index contributed by atoms with van der Waals surface area (Å²) in [5, 5.41) is 46.8. The summed E-state index contributed by atoms with van der Waals surface area (Å²) in [5.74, 6) is -1.30. The maximum Gasteiger partial charge on any atom is 0.281 e. The molecule has 0 unspecified atom stereocenters. The zero-order valence-electron chi connectivity index (χ0n) is 30.0. The van der Waals surface area contributed by atoms with E-state index < -0.39 is 34.0 Å². The van der Waals surface area contributed by atoms with Crippen LogP contribution in [-0.2, 0) is 25.7 Å². The minimum atomic E-state index is -0.809. The first-order valence-corrected chi connectivity index (χ1v) is 18.3. The molecule has 4 aromatic heterocycles. The molecular formula is C41H40N4O8. The van der Waals surface area contributed by atoms with Crippen molar-refractivity contribution in [3.8, 4) is 29.2 Å². The number of aromatic nitrogens is 4. The van der Waals surface area contributed by atoms with Crippen LogP contribution in [0.2, 0.25) is 0 Å². The fraction of sp³-hybridized carbons (Fsp3) is 0.317. The molecule has 4 heterocycles. The van der Waals surface area contributed by atoms with Gasteiger partial charge in [0.05, 0.1) is 27.2 Å². The van der Waals surface area contributed by atoms with Crippen LogP contribution in [0.5, 0.6) is 23.5 Å². The van der Waals surface area contributed by atoms with Crippen LogP contribution in [0, 0.1) is 0 Å². The van der Waals surface area contributed by atoms with E-state index >= 15 is 0 Å². The summed E-state index contributed by atoms with van der Waals surface area (Å²) >= 11 is 0. The fourth-order valence-electron chi connectivity index (χ4n) is 8.59. The summed E-state index contributed by atoms with van der Waals surface area (Å²) < 4.78 is 4.18. The number of fused-ring (bicyclic) bond motifs is 5. The largest absolute Gasteiger partial charge is 0.494 e. The molecule has 0 aliphatic heterocycles. The van der Waals surface area contributed by atoms with Crippen molar-refractivity contribution in [3.63, 3.8) is 0 Å². The number of nitrogens with zero attached hydrogens (tertiary/aromatic N) is 4. The first kappa shape index (κ1) is 34.1. The smallest absolute Gasteiger partial charge is 0.281 e. The molecule has 8 rings (SSSR count). The maximum absolute atomic E-state index is 14.0. The highest BCUT2D eigenvalue weighted by molar-refractivity contribution is 6.04. The third kappa shape index (κ3) is 4.67. The second kappa shape index (κ2) is 12.3. The number of hydrogen-bond acceptors (Lipinski definition) is 8. The van der Waals surface area contributed by atoms with Gasteiger partial charge in [-0.3, -0.25) is 23.7 Å². The third-order valence-electron chi connectivity index (χ3n) is 11.2. The Labute approximate surface area is 302 Å². The van der Waals surface area contributed by atoms with Crippen molar-refractivity contribution >= 4 is 32.3 Å². The van der Waals surface area contributed by atoms with Crippen LogP contribution >= 0.6 is 0 Å². The lowest BCUT2D eigenvalue weighted by Crippen LogP contribution is -2.31. The molecule has 0 atom stereocenters. The maximum atomic E-state index is 14.0. The molecule has 12 nitrogen and oxygen atoms in total. The molecule has 0 radical (unpaired) electrons. The molecule has 3 aromatic carbocycles. The number of aromatic hydroxyl groups is 4. The lowest BCUT2D eigenvalue weighted by atomic mass is 9.90. The van der Waals surface area contributed by atoms with Gasteiger partial charge in [-0.25, -0.2) is 4.57 Å². The molecule has 1 aliphatic rings. The standard InChI is InChI=1S/C41H40N4O8/c1-5-10-24(11-6-2)42-34(46)29-18-31-32(19-30(29)35(42)47)41(53)45(40(31)52)44-38(50)27-16-22-14-25-26(15-23(22)17-28(27)39(44)51)37(49)43(36(25)48)33-20(7-3)12-9-13-21(33)8-4/h9,12-17,24,46-47,52-53H,5-8,10-11,18-19H2,1-4H3. The molecule has 0 saturated heterocycles. The van der Waals surface area contributed by atoms with Gasteiger partial charge in [-0.1, -0.05) is 58.7 Å². The van der Waals surface area contributed by atoms with Crippen molar-refractivity contribution < 1.29 is 20.4 Å². The Kier molecular flexibility index (Phi) is 7.90. The highest BCUT2D eigenvalue weighted by Gasteiger charge is 2.36. The minimum absolute atomic E-state index is 0.00254. The Morgan fingerprint density at radius 2 is 0.962 bits per heavy atom. The highest BCUT2D eigenvalue weighted by Crippen LogP contribution is 2.48. The van der Waals surface area contributed by atoms with Crippen LogP contribution in [0.3, 0.4) is 0 Å². The second-order valence-corrected chi connectivity index (χ2v) is 14.1. The first-order valence-electron chi connectivity index (χ1n) is 18.3. The van der Waals surface area contributed by atoms with Crippen LogP contribution in [-0.4, -0.2) is 38.9 Å². The molecule has 0 fully saturated rings. The van der Waals surface area contributed by atoms with Crippen LogP contribution in [0.15, 0.2) is 61.6 Å². The van der Waals surface area contributed by atoms with E-state index in [9.17, 15) is 39.6 Å². The van der Waals surface area contributed by atoms with E-state index in [4.69, 9.17) is 0 Å². The summed E-state index contributed by atoms with van der Waals surface area (Å²) in [6.45, 7) is 7.99. The van der Waals surface area contributed by atoms with Gasteiger partial charge < -0.3 is 20.4 Å². The molecule has 53 heavy (non-hydrogen) atoms. The molecule has 0 amide bonds. The zero-order chi connectivity index (χ0) is 37.6. The Morgan fingerprint density at radius 3 is 1.36 bits per heavy atom. The monoisotopic (exact) mass is 716 g/mol. The summed E-state index contributed by atoms with van der Waals surface area (Å²) in [7, 11) is 0. The molecule has 0 bridgehead atoms. The van der Waals surface area contributed by atoms with E-state index in [1.54, 1.807) is 12.1 Å². The van der Waals surface area contributed by atoms with Crippen molar-refractivity contribution in [2.24, 2.45) is 0 Å². The predicted molar refractivity (Wildman–Crippen MR) is 203 cm³/mol. The van der Waals surface area contributed by atoms with Crippen molar-refractivity contribution in [1.29, 1.82) is 0 Å². The molecule has 0 spiro atoms. The van der Waals surface area contributed by atoms with Crippen molar-refractivity contribution in [2.75, 3.05) is 0 Å². The lowest BCUT2D eigenvalue weighted by molar-refractivity contribution is 0.308. The Balaban J connectivity index is 1.26. The van der Waals surface area contributed by atoms with Gasteiger partial charge >= 0.3 is 0 Å². The summed E-state index contributed by atoms with van der Waals surface area (Å²) in [6, 6.07) is 11.7. The van der Waals surface area contributed by atoms with Gasteiger partial charge in [-0.2, -0.15) is 9.35 Å². The molecule has 4 N–H and O–H groups in total. The molecule has 12 heteroatoms. The summed E-state index contributed by atoms with van der Waals surface area (Å²) in [4.78, 5) is 55.6. The average Bonchev–Trinajstić information content (AvgIpc) is 3.74. The molecular weight excluding hydrogens is 676 g/mol. The Hall–Kier alpha value is -6.04. The van der Waals surface area contributed by atoms with Gasteiger partial charge in [0.15, 0.2) is 11.8 Å². The zero-order valence-corrected chi connectivity index (χ0v) is 30.0. The van der Waals surface area contributed by atoms with Crippen LogP contribution < -0.4 is 22.2 Å². The Bertz CT molecular complexity index is 2700. The van der Waals surface area contributed by atoms with Gasteiger partial charge in [0.2, 0.25) is 11.8 Å². The minimum Gasteiger partial charge on any atom is -0.494 e. The molecule has 0 saturated carbocycles. The Morgan fingerprint density at radius 1 is 0.566 bits per heavy atom. The molecule has 1 aliphatic carbocycles. The van der Waals surface area contributed by atoms with Gasteiger partial charge in [0, 0.05) is 41.1 Å². The van der Waals surface area contributed by atoms with E-state index in [0.717, 1.165) is 41.5 Å². The summed E-state index contributed by atoms with van der Waals surface area (Å²) in [6.07, 6.45) is 4.34. The summed E-state index contributed by atoms with van der Waals surface area (Å²) in [5.41, 5.74) is 1.03. The number of benzene rings is 3. The van der Waals surface area contributed by atoms with Crippen molar-refractivity contribution in [1.82, 2.24) is 18.5 Å². The van der Waals surface area contributed by atoms with Crippen molar-refractivity contribution in [2.45, 2.75) is 85.1 Å². The quantitative estimate of drug-likeness (QED) is 0.151. The van der Waals surface area contributed by atoms with Gasteiger partial charge in [0.1, 0.15) is 0 Å². The number of rotatable bonds is 9. The lowest BCUT2D eigenvalue weighted by Gasteiger charge is -2.19. The number of hydrogen-bond donors (Lipinski definition) is 4. The van der Waals surface area contributed by atoms with E-state index in [0.29, 0.717) is 45.1 Å². The number of para-hydroxylation sites is 1. The van der Waals surface area contributed by atoms with E-state index in [2.05, 4.69) is 0 Å². The topological polar surface area (TPSA) is 169 Å². The van der Waals surface area contributed by atoms with Crippen molar-refractivity contribution in [3.05, 3.63) is 117 Å². The van der Waals surface area contributed by atoms with Gasteiger partial charge in [0.25, 0.3) is 22.2 Å². The van der Waals surface area contributed by atoms with Crippen LogP contribution in [0.1, 0.15) is 92.8 Å². The van der Waals surface area contributed by atoms with Gasteiger partial charge in [-0.05, 0) is 71.8 Å². The first-order chi connectivity index (χ1) is 25.5. The van der Waals surface area contributed by atoms with E-state index in [1.807, 2.05) is 45.9 Å². The van der Waals surface area contributed by atoms with Crippen LogP contribution in [0.25, 0.3) is 38.0 Å². The SMILES string of the molecule is CCCC(CCC)n1c(O)c2c(c1O)Cc1c(c(O)n(-n3c(=O)c4cc5cc6c(=O)n(-c7c(CC)cccc7CC)c(=O)c6cc5cc4c3=O)c1O)C2. The normalized spacial score (nSPS) is 12.8. The van der Waals surface area contributed by atoms with Crippen LogP contribution in [0.4, 0.5) is 0 Å². The fourth-order valence-corrected chi connectivity index (χ4v) is 8.59. The third-order valence-corrected chi connectivity index (χ3v) is 11.2. The average molecular weight is 717 g/mol. The van der Waals surface area contributed by atoms with E-state index in [-0.39, 0.29) is 63.3 Å². The molecule has 7 aromatic rings. The van der Waals surface area contributed by atoms with E-state index in [1.165, 1.54) is 21.3 Å². The predicted octanol–water partition coefficient (Wildman–Crippen LogP) is 5.55. The van der Waals surface area contributed by atoms with Gasteiger partial charge in [-0.15, -0.1) is 0 Å². The molecule has 272 valence electrons. The highest BCUT2D eigenvalue weighted by atomic mass is 16.3.